The molecule has 0 aliphatic carbocycles. The molecule has 1 fully saturated rings. The third kappa shape index (κ3) is 2.87. The van der Waals surface area contributed by atoms with Crippen molar-refractivity contribution in [2.75, 3.05) is 13.1 Å². The maximum Gasteiger partial charge on any atom is 0.255 e. The van der Waals surface area contributed by atoms with Crippen LogP contribution in [-0.2, 0) is 0 Å². The minimum absolute atomic E-state index is 0.147. The van der Waals surface area contributed by atoms with Gasteiger partial charge in [0.1, 0.15) is 5.82 Å². The van der Waals surface area contributed by atoms with Crippen LogP contribution in [0.3, 0.4) is 0 Å². The average Bonchev–Trinajstić information content (AvgIpc) is 2.42. The Balaban J connectivity index is 2.25. The summed E-state index contributed by atoms with van der Waals surface area (Å²) in [6, 6.07) is 4.81. The molecule has 1 saturated heterocycles. The van der Waals surface area contributed by atoms with E-state index in [-0.39, 0.29) is 22.4 Å². The Morgan fingerprint density at radius 1 is 1.58 bits per heavy atom. The van der Waals surface area contributed by atoms with E-state index in [2.05, 4.69) is 6.07 Å². The van der Waals surface area contributed by atoms with Gasteiger partial charge in [-0.25, -0.2) is 4.39 Å². The van der Waals surface area contributed by atoms with E-state index in [1.54, 1.807) is 11.8 Å². The van der Waals surface area contributed by atoms with Crippen molar-refractivity contribution in [2.45, 2.75) is 19.8 Å². The maximum atomic E-state index is 13.5. The molecule has 0 N–H and O–H groups in total. The lowest BCUT2D eigenvalue weighted by Gasteiger charge is -2.30. The van der Waals surface area contributed by atoms with Crippen LogP contribution in [0.15, 0.2) is 12.1 Å². The summed E-state index contributed by atoms with van der Waals surface area (Å²) in [5, 5.41) is 9.17. The maximum absolute atomic E-state index is 13.5. The number of rotatable bonds is 1. The zero-order valence-corrected chi connectivity index (χ0v) is 11.4. The van der Waals surface area contributed by atoms with Gasteiger partial charge >= 0.3 is 0 Å². The van der Waals surface area contributed by atoms with Gasteiger partial charge in [0, 0.05) is 13.1 Å². The van der Waals surface area contributed by atoms with Crippen LogP contribution in [0.4, 0.5) is 4.39 Å². The first kappa shape index (κ1) is 13.8. The lowest BCUT2D eigenvalue weighted by atomic mass is 9.99. The molecule has 0 aromatic heterocycles. The third-order valence-corrected chi connectivity index (χ3v) is 3.68. The number of benzene rings is 1. The van der Waals surface area contributed by atoms with Gasteiger partial charge in [0.2, 0.25) is 0 Å². The number of carbonyl (C=O) groups excluding carboxylic acids is 1. The van der Waals surface area contributed by atoms with Crippen molar-refractivity contribution in [2.24, 2.45) is 5.92 Å². The highest BCUT2D eigenvalue weighted by atomic mass is 35.5. The number of piperidine rings is 1. The molecule has 1 aromatic carbocycles. The highest BCUT2D eigenvalue weighted by Gasteiger charge is 2.26. The van der Waals surface area contributed by atoms with E-state index in [4.69, 9.17) is 16.9 Å². The Hall–Kier alpha value is -1.60. The number of halogens is 2. The summed E-state index contributed by atoms with van der Waals surface area (Å²) in [7, 11) is 0. The fraction of sp³-hybridized carbons (Fsp3) is 0.429. The first-order valence-corrected chi connectivity index (χ1v) is 6.55. The van der Waals surface area contributed by atoms with Crippen LogP contribution in [-0.4, -0.2) is 23.9 Å². The Morgan fingerprint density at radius 2 is 2.32 bits per heavy atom. The Morgan fingerprint density at radius 3 is 3.00 bits per heavy atom. The predicted molar refractivity (Wildman–Crippen MR) is 70.4 cm³/mol. The molecule has 1 aliphatic heterocycles. The van der Waals surface area contributed by atoms with E-state index in [0.717, 1.165) is 12.8 Å². The zero-order chi connectivity index (χ0) is 14.0. The molecule has 100 valence electrons. The number of likely N-dealkylation sites (tertiary alicyclic amines) is 1. The Bertz CT molecular complexity index is 553. The fourth-order valence-electron chi connectivity index (χ4n) is 2.25. The van der Waals surface area contributed by atoms with Crippen molar-refractivity contribution < 1.29 is 9.18 Å². The van der Waals surface area contributed by atoms with Gasteiger partial charge in [0.05, 0.1) is 22.6 Å². The van der Waals surface area contributed by atoms with Crippen LogP contribution in [0, 0.1) is 30.0 Å². The summed E-state index contributed by atoms with van der Waals surface area (Å²) in [6.07, 6.45) is 1.59. The molecular formula is C14H14ClFN2O. The first-order chi connectivity index (χ1) is 9.02. The summed E-state index contributed by atoms with van der Waals surface area (Å²) in [5.74, 6) is -0.891. The highest BCUT2D eigenvalue weighted by molar-refractivity contribution is 6.33. The molecule has 1 atom stereocenters. The summed E-state index contributed by atoms with van der Waals surface area (Å²) in [5.41, 5.74) is 0.582. The number of hydrogen-bond donors (Lipinski definition) is 0. The number of hydrogen-bond acceptors (Lipinski definition) is 2. The van der Waals surface area contributed by atoms with E-state index in [1.807, 2.05) is 0 Å². The van der Waals surface area contributed by atoms with Gasteiger partial charge in [-0.05, 0) is 37.5 Å². The largest absolute Gasteiger partial charge is 0.337 e. The summed E-state index contributed by atoms with van der Waals surface area (Å²) in [6.45, 7) is 2.58. The molecule has 1 aliphatic rings. The van der Waals surface area contributed by atoms with Gasteiger partial charge in [0.25, 0.3) is 5.91 Å². The highest BCUT2D eigenvalue weighted by Crippen LogP contribution is 2.24. The normalized spacial score (nSPS) is 19.1. The second-order valence-electron chi connectivity index (χ2n) is 4.80. The molecule has 19 heavy (non-hydrogen) atoms. The molecular weight excluding hydrogens is 267 g/mol. The molecule has 1 amide bonds. The number of carbonyl (C=O) groups is 1. The molecule has 3 nitrogen and oxygen atoms in total. The van der Waals surface area contributed by atoms with E-state index in [9.17, 15) is 9.18 Å². The molecule has 0 spiro atoms. The summed E-state index contributed by atoms with van der Waals surface area (Å²) in [4.78, 5) is 13.9. The van der Waals surface area contributed by atoms with Gasteiger partial charge in [0.15, 0.2) is 0 Å². The van der Waals surface area contributed by atoms with Crippen LogP contribution in [0.25, 0.3) is 0 Å². The molecule has 1 aromatic rings. The smallest absolute Gasteiger partial charge is 0.255 e. The second kappa shape index (κ2) is 5.58. The van der Waals surface area contributed by atoms with Crippen molar-refractivity contribution in [1.29, 1.82) is 5.26 Å². The van der Waals surface area contributed by atoms with Crippen molar-refractivity contribution in [3.05, 3.63) is 34.1 Å². The minimum Gasteiger partial charge on any atom is -0.337 e. The SMILES string of the molecule is Cc1cc(Cl)c(C(=O)N2CCCC(C#N)C2)cc1F. The molecule has 1 heterocycles. The predicted octanol–water partition coefficient (Wildman–Crippen LogP) is 3.16. The second-order valence-corrected chi connectivity index (χ2v) is 5.21. The molecule has 0 saturated carbocycles. The standard InChI is InChI=1S/C14H14ClFN2O/c1-9-5-12(15)11(6-13(9)16)14(19)18-4-2-3-10(7-17)8-18/h5-6,10H,2-4,8H2,1H3. The van der Waals surface area contributed by atoms with Crippen LogP contribution < -0.4 is 0 Å². The fourth-order valence-corrected chi connectivity index (χ4v) is 2.55. The van der Waals surface area contributed by atoms with Crippen molar-refractivity contribution in [3.8, 4) is 6.07 Å². The van der Waals surface area contributed by atoms with Gasteiger partial charge in [-0.1, -0.05) is 11.6 Å². The average molecular weight is 281 g/mol. The first-order valence-electron chi connectivity index (χ1n) is 6.17. The zero-order valence-electron chi connectivity index (χ0n) is 10.6. The summed E-state index contributed by atoms with van der Waals surface area (Å²) >= 11 is 6.01. The molecule has 5 heteroatoms. The van der Waals surface area contributed by atoms with Gasteiger partial charge in [-0.2, -0.15) is 5.26 Å². The lowest BCUT2D eigenvalue weighted by Crippen LogP contribution is -2.39. The topological polar surface area (TPSA) is 44.1 Å². The van der Waals surface area contributed by atoms with Gasteiger partial charge in [-0.15, -0.1) is 0 Å². The van der Waals surface area contributed by atoms with Crippen molar-refractivity contribution in [3.63, 3.8) is 0 Å². The molecule has 1 unspecified atom stereocenters. The lowest BCUT2D eigenvalue weighted by molar-refractivity contribution is 0.0698. The third-order valence-electron chi connectivity index (χ3n) is 3.37. The quantitative estimate of drug-likeness (QED) is 0.793. The molecule has 2 rings (SSSR count). The van der Waals surface area contributed by atoms with Crippen LogP contribution >= 0.6 is 11.6 Å². The molecule has 0 bridgehead atoms. The Labute approximate surface area is 116 Å². The van der Waals surface area contributed by atoms with Crippen LogP contribution in [0.1, 0.15) is 28.8 Å². The Kier molecular flexibility index (Phi) is 4.06. The van der Waals surface area contributed by atoms with Crippen molar-refractivity contribution in [1.82, 2.24) is 4.90 Å². The van der Waals surface area contributed by atoms with Gasteiger partial charge in [-0.3, -0.25) is 4.79 Å². The van der Waals surface area contributed by atoms with E-state index in [1.165, 1.54) is 12.1 Å². The summed E-state index contributed by atoms with van der Waals surface area (Å²) < 4.78 is 13.5. The van der Waals surface area contributed by atoms with Gasteiger partial charge < -0.3 is 4.90 Å². The number of aryl methyl sites for hydroxylation is 1. The molecule has 0 radical (unpaired) electrons. The minimum atomic E-state index is -0.443. The van der Waals surface area contributed by atoms with Crippen LogP contribution in [0.5, 0.6) is 0 Å². The van der Waals surface area contributed by atoms with E-state index in [0.29, 0.717) is 18.7 Å². The van der Waals surface area contributed by atoms with E-state index >= 15 is 0 Å². The number of amides is 1. The van der Waals surface area contributed by atoms with Crippen molar-refractivity contribution >= 4 is 17.5 Å². The number of nitrogens with zero attached hydrogens (tertiary/aromatic N) is 2. The van der Waals surface area contributed by atoms with E-state index < -0.39 is 5.82 Å². The van der Waals surface area contributed by atoms with Crippen LogP contribution in [0.2, 0.25) is 5.02 Å². The number of nitriles is 1. The monoisotopic (exact) mass is 280 g/mol.